The second-order valence-corrected chi connectivity index (χ2v) is 6.06. The van der Waals surface area contributed by atoms with Crippen molar-refractivity contribution in [3.05, 3.63) is 41.6 Å². The minimum atomic E-state index is -0.00731. The number of aliphatic imine (C=N–C) groups is 1. The molecule has 0 aliphatic carbocycles. The molecule has 2 atom stereocenters. The van der Waals surface area contributed by atoms with Gasteiger partial charge in [-0.05, 0) is 31.4 Å². The first-order valence-electron chi connectivity index (χ1n) is 7.09. The van der Waals surface area contributed by atoms with Crippen LogP contribution in [0.15, 0.2) is 35.5 Å². The predicted molar refractivity (Wildman–Crippen MR) is 82.2 cm³/mol. The average Bonchev–Trinajstić information content (AvgIpc) is 2.61. The number of hydrogen-bond acceptors (Lipinski definition) is 2. The summed E-state index contributed by atoms with van der Waals surface area (Å²) in [6, 6.07) is 6.83. The summed E-state index contributed by atoms with van der Waals surface area (Å²) < 4.78 is 0. The molecule has 3 rings (SSSR count). The summed E-state index contributed by atoms with van der Waals surface area (Å²) in [5, 5.41) is 0. The van der Waals surface area contributed by atoms with Crippen LogP contribution in [0.1, 0.15) is 37.8 Å². The molecular formula is C17H22N2. The van der Waals surface area contributed by atoms with Crippen molar-refractivity contribution < 1.29 is 0 Å². The van der Waals surface area contributed by atoms with Gasteiger partial charge in [-0.25, -0.2) is 0 Å². The topological polar surface area (TPSA) is 15.6 Å². The minimum absolute atomic E-state index is 0.00731. The normalized spacial score (nSPS) is 32.1. The largest absolute Gasteiger partial charge is 0.362 e. The van der Waals surface area contributed by atoms with E-state index in [1.165, 1.54) is 16.8 Å². The number of aryl methyl sites for hydroxylation is 1. The molecule has 2 heteroatoms. The third-order valence-corrected chi connectivity index (χ3v) is 5.28. The third kappa shape index (κ3) is 1.40. The Bertz CT molecular complexity index is 573. The summed E-state index contributed by atoms with van der Waals surface area (Å²) in [6.45, 7) is 6.86. The Morgan fingerprint density at radius 2 is 2.16 bits per heavy atom. The summed E-state index contributed by atoms with van der Waals surface area (Å²) in [5.41, 5.74) is 4.28. The lowest BCUT2D eigenvalue weighted by atomic mass is 9.65. The van der Waals surface area contributed by atoms with Gasteiger partial charge >= 0.3 is 0 Å². The maximum atomic E-state index is 4.46. The van der Waals surface area contributed by atoms with E-state index in [1.54, 1.807) is 0 Å². The molecule has 2 aliphatic heterocycles. The van der Waals surface area contributed by atoms with E-state index in [0.29, 0.717) is 0 Å². The van der Waals surface area contributed by atoms with Crippen molar-refractivity contribution >= 4 is 11.9 Å². The van der Waals surface area contributed by atoms with E-state index in [1.807, 2.05) is 6.20 Å². The maximum Gasteiger partial charge on any atom is 0.0880 e. The Kier molecular flexibility index (Phi) is 2.60. The van der Waals surface area contributed by atoms with E-state index in [9.17, 15) is 0 Å². The molecule has 0 N–H and O–H groups in total. The average molecular weight is 254 g/mol. The maximum absolute atomic E-state index is 4.46. The van der Waals surface area contributed by atoms with Gasteiger partial charge in [-0.15, -0.1) is 0 Å². The van der Waals surface area contributed by atoms with Gasteiger partial charge in [0.1, 0.15) is 0 Å². The minimum Gasteiger partial charge on any atom is -0.362 e. The van der Waals surface area contributed by atoms with Crippen LogP contribution in [0.4, 0.5) is 5.69 Å². The van der Waals surface area contributed by atoms with Crippen molar-refractivity contribution in [3.63, 3.8) is 0 Å². The van der Waals surface area contributed by atoms with Crippen molar-refractivity contribution in [1.82, 2.24) is 0 Å². The van der Waals surface area contributed by atoms with Crippen LogP contribution in [0, 0.1) is 6.92 Å². The highest BCUT2D eigenvalue weighted by molar-refractivity contribution is 5.87. The van der Waals surface area contributed by atoms with Gasteiger partial charge < -0.3 is 4.90 Å². The van der Waals surface area contributed by atoms with Crippen LogP contribution in [0.25, 0.3) is 0 Å². The molecule has 0 amide bonds. The van der Waals surface area contributed by atoms with Gasteiger partial charge in [0.15, 0.2) is 0 Å². The smallest absolute Gasteiger partial charge is 0.0880 e. The number of rotatable bonds is 1. The molecule has 19 heavy (non-hydrogen) atoms. The van der Waals surface area contributed by atoms with E-state index < -0.39 is 0 Å². The van der Waals surface area contributed by atoms with Gasteiger partial charge in [0.25, 0.3) is 0 Å². The van der Waals surface area contributed by atoms with Gasteiger partial charge in [-0.1, -0.05) is 37.6 Å². The number of fused-ring (bicyclic) bond motifs is 1. The van der Waals surface area contributed by atoms with Crippen molar-refractivity contribution in [2.75, 3.05) is 11.9 Å². The van der Waals surface area contributed by atoms with Gasteiger partial charge in [-0.2, -0.15) is 0 Å². The Hall–Kier alpha value is -1.57. The zero-order chi connectivity index (χ0) is 13.7. The quantitative estimate of drug-likeness (QED) is 0.743. The van der Waals surface area contributed by atoms with Crippen LogP contribution >= 0.6 is 0 Å². The summed E-state index contributed by atoms with van der Waals surface area (Å²) >= 11 is 0. The predicted octanol–water partition coefficient (Wildman–Crippen LogP) is 3.84. The lowest BCUT2D eigenvalue weighted by Crippen LogP contribution is -2.57. The molecule has 2 nitrogen and oxygen atoms in total. The number of hydrogen-bond donors (Lipinski definition) is 0. The molecule has 0 radical (unpaired) electrons. The Morgan fingerprint density at radius 3 is 2.79 bits per heavy atom. The zero-order valence-electron chi connectivity index (χ0n) is 12.3. The third-order valence-electron chi connectivity index (χ3n) is 5.28. The first kappa shape index (κ1) is 12.5. The second-order valence-electron chi connectivity index (χ2n) is 6.06. The molecule has 2 aliphatic rings. The highest BCUT2D eigenvalue weighted by atomic mass is 15.2. The van der Waals surface area contributed by atoms with Crippen LogP contribution in [-0.4, -0.2) is 18.8 Å². The molecular weight excluding hydrogens is 232 g/mol. The lowest BCUT2D eigenvalue weighted by Gasteiger charge is -2.45. The standard InChI is InChI=1S/C17H22N2/c1-5-16(3)14-11-13(2)7-8-15(14)19(4)17(16)9-6-10-18-12-17/h6-8,10-12H,5,9H2,1-4H3. The molecule has 0 fully saturated rings. The lowest BCUT2D eigenvalue weighted by molar-refractivity contribution is 0.324. The first-order valence-corrected chi connectivity index (χ1v) is 7.09. The fourth-order valence-corrected chi connectivity index (χ4v) is 3.80. The van der Waals surface area contributed by atoms with Crippen molar-refractivity contribution in [2.45, 2.75) is 44.6 Å². The number of benzene rings is 1. The molecule has 2 heterocycles. The van der Waals surface area contributed by atoms with E-state index in [-0.39, 0.29) is 11.0 Å². The molecule has 1 aromatic rings. The van der Waals surface area contributed by atoms with Crippen molar-refractivity contribution in [2.24, 2.45) is 4.99 Å². The van der Waals surface area contributed by atoms with Crippen LogP contribution in [-0.2, 0) is 5.41 Å². The molecule has 2 unspecified atom stereocenters. The molecule has 0 bridgehead atoms. The van der Waals surface area contributed by atoms with E-state index in [2.05, 4.69) is 68.2 Å². The molecule has 100 valence electrons. The fourth-order valence-electron chi connectivity index (χ4n) is 3.80. The van der Waals surface area contributed by atoms with Crippen molar-refractivity contribution in [3.8, 4) is 0 Å². The van der Waals surface area contributed by atoms with Crippen LogP contribution in [0.5, 0.6) is 0 Å². The summed E-state index contributed by atoms with van der Waals surface area (Å²) in [7, 11) is 2.21. The van der Waals surface area contributed by atoms with Gasteiger partial charge in [0, 0.05) is 30.6 Å². The van der Waals surface area contributed by atoms with Gasteiger partial charge in [-0.3, -0.25) is 4.99 Å². The zero-order valence-corrected chi connectivity index (χ0v) is 12.3. The molecule has 0 saturated carbocycles. The van der Waals surface area contributed by atoms with E-state index >= 15 is 0 Å². The van der Waals surface area contributed by atoms with Crippen LogP contribution in [0.2, 0.25) is 0 Å². The van der Waals surface area contributed by atoms with Crippen molar-refractivity contribution in [1.29, 1.82) is 0 Å². The molecule has 0 aromatic heterocycles. The molecule has 1 spiro atoms. The van der Waals surface area contributed by atoms with Gasteiger partial charge in [0.05, 0.1) is 5.54 Å². The monoisotopic (exact) mass is 254 g/mol. The number of nitrogens with zero attached hydrogens (tertiary/aromatic N) is 2. The van der Waals surface area contributed by atoms with Crippen LogP contribution in [0.3, 0.4) is 0 Å². The van der Waals surface area contributed by atoms with Gasteiger partial charge in [0.2, 0.25) is 0 Å². The molecule has 1 aromatic carbocycles. The summed E-state index contributed by atoms with van der Waals surface area (Å²) in [4.78, 5) is 6.89. The first-order chi connectivity index (χ1) is 9.05. The summed E-state index contributed by atoms with van der Waals surface area (Å²) in [5.74, 6) is 0. The fraction of sp³-hybridized carbons (Fsp3) is 0.471. The number of likely N-dealkylation sites (N-methyl/N-ethyl adjacent to an activating group) is 1. The van der Waals surface area contributed by atoms with Crippen LogP contribution < -0.4 is 4.90 Å². The Labute approximate surface area is 115 Å². The Balaban J connectivity index is 2.25. The van der Waals surface area contributed by atoms with E-state index in [4.69, 9.17) is 0 Å². The number of anilines is 1. The second kappa shape index (κ2) is 3.96. The van der Waals surface area contributed by atoms with E-state index in [0.717, 1.165) is 12.8 Å². The molecule has 0 saturated heterocycles. The SMILES string of the molecule is CCC1(C)c2cc(C)ccc2N(C)C12C=NC=CC2. The summed E-state index contributed by atoms with van der Waals surface area (Å²) in [6.07, 6.45) is 8.43. The Morgan fingerprint density at radius 1 is 1.37 bits per heavy atom. The highest BCUT2D eigenvalue weighted by Crippen LogP contribution is 2.54. The highest BCUT2D eigenvalue weighted by Gasteiger charge is 2.56.